The Labute approximate surface area is 119 Å². The highest BCUT2D eigenvalue weighted by molar-refractivity contribution is 7.80. The number of rotatable bonds is 2. The summed E-state index contributed by atoms with van der Waals surface area (Å²) in [4.78, 5) is 21.1. The Morgan fingerprint density at radius 2 is 2.05 bits per heavy atom. The minimum Gasteiger partial charge on any atom is -0.353 e. The quantitative estimate of drug-likeness (QED) is 0.785. The average molecular weight is 280 g/mol. The Bertz CT molecular complexity index is 438. The van der Waals surface area contributed by atoms with Gasteiger partial charge in [-0.05, 0) is 26.0 Å². The molecule has 104 valence electrons. The standard InChI is InChI=1S/C13H20N4OS/c1-9-7-16(12-4-3-11(19)6-15-12)8-10(2)17(9)13(18)5-14/h3-4,6,9-10,19H,5,7-8,14H2,1-2H3. The predicted octanol–water partition coefficient (Wildman–Crippen LogP) is 0.755. The van der Waals surface area contributed by atoms with Crippen molar-refractivity contribution in [3.8, 4) is 0 Å². The highest BCUT2D eigenvalue weighted by Crippen LogP contribution is 2.21. The first-order chi connectivity index (χ1) is 9.02. The molecule has 1 saturated heterocycles. The Morgan fingerprint density at radius 1 is 1.42 bits per heavy atom. The van der Waals surface area contributed by atoms with E-state index in [-0.39, 0.29) is 24.5 Å². The van der Waals surface area contributed by atoms with Crippen LogP contribution in [0.1, 0.15) is 13.8 Å². The lowest BCUT2D eigenvalue weighted by atomic mass is 10.1. The molecule has 2 heterocycles. The molecule has 2 unspecified atom stereocenters. The fraction of sp³-hybridized carbons (Fsp3) is 0.538. The van der Waals surface area contributed by atoms with Crippen LogP contribution in [0.5, 0.6) is 0 Å². The highest BCUT2D eigenvalue weighted by atomic mass is 32.1. The number of nitrogens with two attached hydrogens (primary N) is 1. The van der Waals surface area contributed by atoms with Crippen LogP contribution in [0.4, 0.5) is 5.82 Å². The summed E-state index contributed by atoms with van der Waals surface area (Å²) in [5.41, 5.74) is 5.46. The Balaban J connectivity index is 2.13. The van der Waals surface area contributed by atoms with E-state index < -0.39 is 0 Å². The smallest absolute Gasteiger partial charge is 0.236 e. The maximum absolute atomic E-state index is 11.8. The van der Waals surface area contributed by atoms with Gasteiger partial charge in [-0.1, -0.05) is 0 Å². The van der Waals surface area contributed by atoms with Gasteiger partial charge in [0.1, 0.15) is 5.82 Å². The Hall–Kier alpha value is -1.27. The third-order valence-electron chi connectivity index (χ3n) is 3.44. The number of hydrogen-bond donors (Lipinski definition) is 2. The van der Waals surface area contributed by atoms with Crippen molar-refractivity contribution in [2.45, 2.75) is 30.8 Å². The van der Waals surface area contributed by atoms with Crippen LogP contribution < -0.4 is 10.6 Å². The molecule has 1 aromatic rings. The van der Waals surface area contributed by atoms with Gasteiger partial charge in [0, 0.05) is 36.3 Å². The lowest BCUT2D eigenvalue weighted by Crippen LogP contribution is -2.60. The van der Waals surface area contributed by atoms with Gasteiger partial charge in [0.15, 0.2) is 0 Å². The lowest BCUT2D eigenvalue weighted by Gasteiger charge is -2.44. The van der Waals surface area contributed by atoms with Crippen LogP contribution in [0.25, 0.3) is 0 Å². The summed E-state index contributed by atoms with van der Waals surface area (Å²) >= 11 is 4.24. The first kappa shape index (κ1) is 14.1. The molecular weight excluding hydrogens is 260 g/mol. The molecule has 1 aliphatic heterocycles. The van der Waals surface area contributed by atoms with Crippen LogP contribution in [-0.2, 0) is 4.79 Å². The van der Waals surface area contributed by atoms with Crippen LogP contribution in [0.15, 0.2) is 23.2 Å². The average Bonchev–Trinajstić information content (AvgIpc) is 2.38. The Morgan fingerprint density at radius 3 is 2.53 bits per heavy atom. The Kier molecular flexibility index (Phi) is 4.31. The van der Waals surface area contributed by atoms with Crippen molar-refractivity contribution in [1.82, 2.24) is 9.88 Å². The zero-order valence-corrected chi connectivity index (χ0v) is 12.2. The number of carbonyl (C=O) groups is 1. The molecule has 0 saturated carbocycles. The molecule has 1 aromatic heterocycles. The molecule has 0 radical (unpaired) electrons. The van der Waals surface area contributed by atoms with Gasteiger partial charge in [-0.2, -0.15) is 0 Å². The van der Waals surface area contributed by atoms with Crippen molar-refractivity contribution >= 4 is 24.4 Å². The van der Waals surface area contributed by atoms with E-state index in [9.17, 15) is 4.79 Å². The van der Waals surface area contributed by atoms with Gasteiger partial charge in [-0.3, -0.25) is 4.79 Å². The molecule has 0 aromatic carbocycles. The van der Waals surface area contributed by atoms with Crippen molar-refractivity contribution in [3.05, 3.63) is 18.3 Å². The van der Waals surface area contributed by atoms with Crippen LogP contribution in [0.3, 0.4) is 0 Å². The number of piperazine rings is 1. The number of carbonyl (C=O) groups excluding carboxylic acids is 1. The molecule has 2 atom stereocenters. The summed E-state index contributed by atoms with van der Waals surface area (Å²) < 4.78 is 0. The minimum atomic E-state index is 0.0123. The number of pyridine rings is 1. The highest BCUT2D eigenvalue weighted by Gasteiger charge is 2.32. The summed E-state index contributed by atoms with van der Waals surface area (Å²) in [6.45, 7) is 5.71. The van der Waals surface area contributed by atoms with E-state index in [0.29, 0.717) is 0 Å². The fourth-order valence-corrected chi connectivity index (χ4v) is 2.80. The van der Waals surface area contributed by atoms with Crippen molar-refractivity contribution < 1.29 is 4.79 Å². The maximum atomic E-state index is 11.8. The number of nitrogens with zero attached hydrogens (tertiary/aromatic N) is 3. The normalized spacial score (nSPS) is 23.6. The van der Waals surface area contributed by atoms with Crippen molar-refractivity contribution in [3.63, 3.8) is 0 Å². The molecule has 19 heavy (non-hydrogen) atoms. The van der Waals surface area contributed by atoms with Gasteiger partial charge in [-0.15, -0.1) is 12.6 Å². The maximum Gasteiger partial charge on any atom is 0.236 e. The van der Waals surface area contributed by atoms with Crippen LogP contribution >= 0.6 is 12.6 Å². The zero-order valence-electron chi connectivity index (χ0n) is 11.3. The second-order valence-corrected chi connectivity index (χ2v) is 5.50. The van der Waals surface area contributed by atoms with E-state index in [4.69, 9.17) is 5.73 Å². The van der Waals surface area contributed by atoms with Crippen molar-refractivity contribution in [2.75, 3.05) is 24.5 Å². The van der Waals surface area contributed by atoms with E-state index in [0.717, 1.165) is 23.8 Å². The summed E-state index contributed by atoms with van der Waals surface area (Å²) in [6, 6.07) is 4.16. The number of aromatic nitrogens is 1. The van der Waals surface area contributed by atoms with Gasteiger partial charge in [0.05, 0.1) is 6.54 Å². The largest absolute Gasteiger partial charge is 0.353 e. The fourth-order valence-electron chi connectivity index (χ4n) is 2.67. The van der Waals surface area contributed by atoms with Crippen LogP contribution in [-0.4, -0.2) is 47.5 Å². The first-order valence-electron chi connectivity index (χ1n) is 6.44. The van der Waals surface area contributed by atoms with Gasteiger partial charge in [0.25, 0.3) is 0 Å². The summed E-state index contributed by atoms with van der Waals surface area (Å²) in [5.74, 6) is 0.940. The SMILES string of the molecule is CC1CN(c2ccc(S)cn2)CC(C)N1C(=O)CN. The van der Waals surface area contributed by atoms with E-state index in [1.54, 1.807) is 6.20 Å². The molecule has 2 N–H and O–H groups in total. The van der Waals surface area contributed by atoms with Gasteiger partial charge < -0.3 is 15.5 Å². The van der Waals surface area contributed by atoms with E-state index in [1.165, 1.54) is 0 Å². The summed E-state index contributed by atoms with van der Waals surface area (Å²) in [7, 11) is 0. The third-order valence-corrected chi connectivity index (χ3v) is 3.70. The van der Waals surface area contributed by atoms with E-state index in [2.05, 4.69) is 22.5 Å². The molecule has 0 aliphatic carbocycles. The molecule has 0 spiro atoms. The van der Waals surface area contributed by atoms with Crippen molar-refractivity contribution in [1.29, 1.82) is 0 Å². The lowest BCUT2D eigenvalue weighted by molar-refractivity contribution is -0.134. The second kappa shape index (κ2) is 5.79. The number of thiol groups is 1. The molecule has 5 nitrogen and oxygen atoms in total. The number of anilines is 1. The van der Waals surface area contributed by atoms with E-state index in [1.807, 2.05) is 30.9 Å². The molecular formula is C13H20N4OS. The number of hydrogen-bond acceptors (Lipinski definition) is 5. The van der Waals surface area contributed by atoms with Crippen LogP contribution in [0, 0.1) is 0 Å². The molecule has 0 bridgehead atoms. The van der Waals surface area contributed by atoms with Crippen molar-refractivity contribution in [2.24, 2.45) is 5.73 Å². The zero-order chi connectivity index (χ0) is 14.0. The van der Waals surface area contributed by atoms with Gasteiger partial charge in [0.2, 0.25) is 5.91 Å². The second-order valence-electron chi connectivity index (χ2n) is 4.98. The predicted molar refractivity (Wildman–Crippen MR) is 78.5 cm³/mol. The first-order valence-corrected chi connectivity index (χ1v) is 6.89. The minimum absolute atomic E-state index is 0.0123. The molecule has 1 aliphatic rings. The topological polar surface area (TPSA) is 62.5 Å². The van der Waals surface area contributed by atoms with Crippen LogP contribution in [0.2, 0.25) is 0 Å². The third kappa shape index (κ3) is 3.01. The van der Waals surface area contributed by atoms with E-state index >= 15 is 0 Å². The monoisotopic (exact) mass is 280 g/mol. The molecule has 2 rings (SSSR count). The van der Waals surface area contributed by atoms with Gasteiger partial charge >= 0.3 is 0 Å². The molecule has 1 fully saturated rings. The summed E-state index contributed by atoms with van der Waals surface area (Å²) in [6.07, 6.45) is 1.74. The number of amides is 1. The van der Waals surface area contributed by atoms with Gasteiger partial charge in [-0.25, -0.2) is 4.98 Å². The molecule has 1 amide bonds. The molecule has 6 heteroatoms. The summed E-state index contributed by atoms with van der Waals surface area (Å²) in [5, 5.41) is 0.